The highest BCUT2D eigenvalue weighted by atomic mass is 32.1. The summed E-state index contributed by atoms with van der Waals surface area (Å²) in [7, 11) is 0. The average Bonchev–Trinajstić information content (AvgIpc) is 2.98. The van der Waals surface area contributed by atoms with Crippen LogP contribution in [0.3, 0.4) is 0 Å². The number of thiophene rings is 1. The predicted molar refractivity (Wildman–Crippen MR) is 84.2 cm³/mol. The third-order valence-corrected chi connectivity index (χ3v) is 5.89. The van der Waals surface area contributed by atoms with Crippen molar-refractivity contribution in [3.63, 3.8) is 0 Å². The Morgan fingerprint density at radius 2 is 2.09 bits per heavy atom. The standard InChI is InChI=1S/C16H20N2O3S/c1-8-6-13(18-15(19)9-2-3-9)22-14(8)16(20)17-11-7-10-4-5-12(11)21-10/h6,9-12H,2-5,7H2,1H3,(H,17,20)(H,18,19)/t10-,11-,12-/m1/s1. The van der Waals surface area contributed by atoms with E-state index in [4.69, 9.17) is 4.74 Å². The van der Waals surface area contributed by atoms with Crippen LogP contribution in [0.15, 0.2) is 6.07 Å². The van der Waals surface area contributed by atoms with Crippen molar-refractivity contribution in [2.75, 3.05) is 5.32 Å². The molecule has 4 rings (SSSR count). The zero-order chi connectivity index (χ0) is 15.3. The number of carbonyl (C=O) groups is 2. The molecule has 3 heterocycles. The molecule has 2 bridgehead atoms. The first-order valence-electron chi connectivity index (χ1n) is 7.98. The van der Waals surface area contributed by atoms with Crippen LogP contribution in [0.5, 0.6) is 0 Å². The molecule has 1 aromatic rings. The minimum atomic E-state index is -0.0458. The molecule has 0 spiro atoms. The maximum absolute atomic E-state index is 12.5. The van der Waals surface area contributed by atoms with Gasteiger partial charge in [-0.05, 0) is 50.7 Å². The van der Waals surface area contributed by atoms with Crippen LogP contribution in [-0.2, 0) is 9.53 Å². The highest BCUT2D eigenvalue weighted by Gasteiger charge is 2.41. The molecule has 3 aliphatic rings. The van der Waals surface area contributed by atoms with Gasteiger partial charge in [0, 0.05) is 5.92 Å². The lowest BCUT2D eigenvalue weighted by Crippen LogP contribution is -2.41. The van der Waals surface area contributed by atoms with Crippen LogP contribution in [0.4, 0.5) is 5.00 Å². The summed E-state index contributed by atoms with van der Waals surface area (Å²) in [6.07, 6.45) is 5.55. The molecule has 3 atom stereocenters. The molecule has 6 heteroatoms. The molecule has 118 valence electrons. The van der Waals surface area contributed by atoms with E-state index in [2.05, 4.69) is 10.6 Å². The van der Waals surface area contributed by atoms with Crippen molar-refractivity contribution >= 4 is 28.2 Å². The van der Waals surface area contributed by atoms with Crippen molar-refractivity contribution < 1.29 is 14.3 Å². The lowest BCUT2D eigenvalue weighted by Gasteiger charge is -2.19. The van der Waals surface area contributed by atoms with Crippen molar-refractivity contribution in [1.82, 2.24) is 5.32 Å². The second kappa shape index (κ2) is 5.35. The van der Waals surface area contributed by atoms with Crippen LogP contribution in [0.1, 0.15) is 47.3 Å². The van der Waals surface area contributed by atoms with Crippen LogP contribution in [-0.4, -0.2) is 30.1 Å². The number of hydrogen-bond acceptors (Lipinski definition) is 4. The first kappa shape index (κ1) is 14.2. The third kappa shape index (κ3) is 2.65. The fraction of sp³-hybridized carbons (Fsp3) is 0.625. The van der Waals surface area contributed by atoms with Gasteiger partial charge in [-0.15, -0.1) is 11.3 Å². The SMILES string of the molecule is Cc1cc(NC(=O)C2CC2)sc1C(=O)N[C@@H]1C[C@H]2CC[C@H]1O2. The maximum Gasteiger partial charge on any atom is 0.262 e. The lowest BCUT2D eigenvalue weighted by atomic mass is 9.95. The molecule has 22 heavy (non-hydrogen) atoms. The first-order chi connectivity index (χ1) is 10.6. The largest absolute Gasteiger partial charge is 0.373 e. The van der Waals surface area contributed by atoms with Gasteiger partial charge < -0.3 is 15.4 Å². The van der Waals surface area contributed by atoms with Crippen molar-refractivity contribution in [2.24, 2.45) is 5.92 Å². The summed E-state index contributed by atoms with van der Waals surface area (Å²) < 4.78 is 5.77. The summed E-state index contributed by atoms with van der Waals surface area (Å²) in [4.78, 5) is 25.0. The fourth-order valence-corrected chi connectivity index (χ4v) is 4.34. The van der Waals surface area contributed by atoms with Gasteiger partial charge in [0.15, 0.2) is 0 Å². The van der Waals surface area contributed by atoms with Crippen LogP contribution in [0.25, 0.3) is 0 Å². The second-order valence-electron chi connectivity index (χ2n) is 6.58. The molecule has 2 saturated heterocycles. The molecule has 1 aromatic heterocycles. The zero-order valence-corrected chi connectivity index (χ0v) is 13.4. The van der Waals surface area contributed by atoms with Crippen molar-refractivity contribution in [3.05, 3.63) is 16.5 Å². The normalized spacial score (nSPS) is 29.6. The lowest BCUT2D eigenvalue weighted by molar-refractivity contribution is -0.117. The maximum atomic E-state index is 12.5. The van der Waals surface area contributed by atoms with Crippen molar-refractivity contribution in [1.29, 1.82) is 0 Å². The molecule has 0 unspecified atom stereocenters. The van der Waals surface area contributed by atoms with Gasteiger partial charge in [-0.1, -0.05) is 0 Å². The smallest absolute Gasteiger partial charge is 0.262 e. The van der Waals surface area contributed by atoms with Gasteiger partial charge in [-0.25, -0.2) is 0 Å². The van der Waals surface area contributed by atoms with E-state index in [1.54, 1.807) is 0 Å². The highest BCUT2D eigenvalue weighted by molar-refractivity contribution is 7.18. The minimum Gasteiger partial charge on any atom is -0.373 e. The molecular formula is C16H20N2O3S. The molecule has 3 fully saturated rings. The van der Waals surface area contributed by atoms with E-state index in [-0.39, 0.29) is 29.9 Å². The molecule has 2 aliphatic heterocycles. The number of amides is 2. The van der Waals surface area contributed by atoms with E-state index in [1.807, 2.05) is 13.0 Å². The molecule has 0 aromatic carbocycles. The fourth-order valence-electron chi connectivity index (χ4n) is 3.36. The molecule has 0 radical (unpaired) electrons. The Morgan fingerprint density at radius 3 is 2.73 bits per heavy atom. The number of rotatable bonds is 4. The summed E-state index contributed by atoms with van der Waals surface area (Å²) >= 11 is 1.36. The summed E-state index contributed by atoms with van der Waals surface area (Å²) in [6, 6.07) is 2.02. The number of anilines is 1. The molecule has 2 amide bonds. The van der Waals surface area contributed by atoms with Gasteiger partial charge in [0.25, 0.3) is 5.91 Å². The van der Waals surface area contributed by atoms with Crippen molar-refractivity contribution in [2.45, 2.75) is 57.3 Å². The summed E-state index contributed by atoms with van der Waals surface area (Å²) in [5, 5.41) is 6.79. The molecule has 2 N–H and O–H groups in total. The number of fused-ring (bicyclic) bond motifs is 2. The monoisotopic (exact) mass is 320 g/mol. The topological polar surface area (TPSA) is 67.4 Å². The van der Waals surface area contributed by atoms with E-state index < -0.39 is 0 Å². The molecule has 1 saturated carbocycles. The minimum absolute atomic E-state index is 0.0458. The number of ether oxygens (including phenoxy) is 1. The van der Waals surface area contributed by atoms with Crippen LogP contribution in [0, 0.1) is 12.8 Å². The van der Waals surface area contributed by atoms with Crippen molar-refractivity contribution in [3.8, 4) is 0 Å². The Morgan fingerprint density at radius 1 is 1.27 bits per heavy atom. The first-order valence-corrected chi connectivity index (χ1v) is 8.79. The highest BCUT2D eigenvalue weighted by Crippen LogP contribution is 2.35. The number of hydrogen-bond donors (Lipinski definition) is 2. The van der Waals surface area contributed by atoms with Gasteiger partial charge in [-0.2, -0.15) is 0 Å². The molecule has 5 nitrogen and oxygen atoms in total. The Hall–Kier alpha value is -1.40. The van der Waals surface area contributed by atoms with Gasteiger partial charge in [0.05, 0.1) is 28.1 Å². The Labute approximate surface area is 133 Å². The Kier molecular flexibility index (Phi) is 3.46. The second-order valence-corrected chi connectivity index (χ2v) is 7.63. The zero-order valence-electron chi connectivity index (χ0n) is 12.6. The summed E-state index contributed by atoms with van der Waals surface area (Å²) in [5.74, 6) is 0.205. The van der Waals surface area contributed by atoms with E-state index in [0.717, 1.165) is 42.7 Å². The van der Waals surface area contributed by atoms with Gasteiger partial charge >= 0.3 is 0 Å². The van der Waals surface area contributed by atoms with Gasteiger partial charge in [0.1, 0.15) is 0 Å². The summed E-state index contributed by atoms with van der Waals surface area (Å²) in [5.41, 5.74) is 0.915. The van der Waals surface area contributed by atoms with Crippen LogP contribution >= 0.6 is 11.3 Å². The number of carbonyl (C=O) groups excluding carboxylic acids is 2. The Balaban J connectivity index is 1.41. The quantitative estimate of drug-likeness (QED) is 0.895. The van der Waals surface area contributed by atoms with E-state index in [1.165, 1.54) is 11.3 Å². The number of nitrogens with one attached hydrogen (secondary N) is 2. The third-order valence-electron chi connectivity index (χ3n) is 4.74. The van der Waals surface area contributed by atoms with E-state index >= 15 is 0 Å². The summed E-state index contributed by atoms with van der Waals surface area (Å²) in [6.45, 7) is 1.91. The van der Waals surface area contributed by atoms with Crippen LogP contribution in [0.2, 0.25) is 0 Å². The predicted octanol–water partition coefficient (Wildman–Crippen LogP) is 2.45. The molecular weight excluding hydrogens is 300 g/mol. The number of aryl methyl sites for hydroxylation is 1. The van der Waals surface area contributed by atoms with Gasteiger partial charge in [-0.3, -0.25) is 9.59 Å². The Bertz CT molecular complexity index is 623. The van der Waals surface area contributed by atoms with Crippen LogP contribution < -0.4 is 10.6 Å². The average molecular weight is 320 g/mol. The van der Waals surface area contributed by atoms with Gasteiger partial charge in [0.2, 0.25) is 5.91 Å². The van der Waals surface area contributed by atoms with E-state index in [0.29, 0.717) is 11.0 Å². The molecule has 1 aliphatic carbocycles. The van der Waals surface area contributed by atoms with E-state index in [9.17, 15) is 9.59 Å².